The molecule has 3 N–H and O–H groups in total. The molecule has 0 amide bonds. The molecule has 0 saturated carbocycles. The van der Waals surface area contributed by atoms with Crippen LogP contribution in [0.25, 0.3) is 10.9 Å². The van der Waals surface area contributed by atoms with E-state index in [0.717, 1.165) is 24.1 Å². The smallest absolute Gasteiger partial charge is 0.120 e. The van der Waals surface area contributed by atoms with E-state index in [2.05, 4.69) is 42.4 Å². The van der Waals surface area contributed by atoms with Crippen LogP contribution in [0.3, 0.4) is 0 Å². The number of hydrogen-bond donors (Lipinski definition) is 2. The predicted octanol–water partition coefficient (Wildman–Crippen LogP) is 4.03. The van der Waals surface area contributed by atoms with E-state index >= 15 is 0 Å². The lowest BCUT2D eigenvalue weighted by atomic mass is 10.0. The fraction of sp³-hybridized carbons (Fsp3) is 0.263. The van der Waals surface area contributed by atoms with Gasteiger partial charge in [-0.05, 0) is 42.2 Å². The van der Waals surface area contributed by atoms with Crippen molar-refractivity contribution < 1.29 is 4.74 Å². The van der Waals surface area contributed by atoms with Crippen LogP contribution in [0.4, 0.5) is 0 Å². The molecule has 1 atom stereocenters. The van der Waals surface area contributed by atoms with Crippen LogP contribution in [-0.4, -0.2) is 11.0 Å². The number of fused-ring (bicyclic) bond motifs is 1. The van der Waals surface area contributed by atoms with Crippen molar-refractivity contribution in [3.05, 3.63) is 65.9 Å². The van der Waals surface area contributed by atoms with Gasteiger partial charge in [-0.1, -0.05) is 37.3 Å². The van der Waals surface area contributed by atoms with Gasteiger partial charge < -0.3 is 15.5 Å². The van der Waals surface area contributed by atoms with E-state index in [1.807, 2.05) is 24.3 Å². The number of aromatic nitrogens is 1. The lowest BCUT2D eigenvalue weighted by molar-refractivity contribution is 0.306. The number of nitrogens with one attached hydrogen (secondary N) is 1. The predicted molar refractivity (Wildman–Crippen MR) is 91.0 cm³/mol. The minimum absolute atomic E-state index is 0.202. The van der Waals surface area contributed by atoms with Crippen LogP contribution >= 0.6 is 0 Å². The highest BCUT2D eigenvalue weighted by atomic mass is 16.5. The van der Waals surface area contributed by atoms with Crippen LogP contribution in [0, 0.1) is 0 Å². The minimum Gasteiger partial charge on any atom is -0.489 e. The molecule has 3 aromatic rings. The van der Waals surface area contributed by atoms with Crippen molar-refractivity contribution in [3.63, 3.8) is 0 Å². The quantitative estimate of drug-likeness (QED) is 0.721. The van der Waals surface area contributed by atoms with Gasteiger partial charge in [0.15, 0.2) is 0 Å². The number of benzene rings is 2. The molecule has 0 fully saturated rings. The van der Waals surface area contributed by atoms with Gasteiger partial charge in [0.2, 0.25) is 0 Å². The molecule has 114 valence electrons. The fourth-order valence-electron chi connectivity index (χ4n) is 2.58. The Bertz CT molecular complexity index is 734. The molecule has 0 bridgehead atoms. The maximum Gasteiger partial charge on any atom is 0.120 e. The molecule has 0 spiro atoms. The summed E-state index contributed by atoms with van der Waals surface area (Å²) in [5, 5.41) is 1.20. The van der Waals surface area contributed by atoms with Gasteiger partial charge in [-0.25, -0.2) is 0 Å². The SMILES string of the molecule is CCC(N)Cc1c[nH]c2ccc(OCc3ccccc3)cc12. The van der Waals surface area contributed by atoms with E-state index in [1.165, 1.54) is 16.5 Å². The van der Waals surface area contributed by atoms with Crippen molar-refractivity contribution in [2.45, 2.75) is 32.4 Å². The van der Waals surface area contributed by atoms with Gasteiger partial charge in [0, 0.05) is 23.1 Å². The lowest BCUT2D eigenvalue weighted by Crippen LogP contribution is -2.21. The van der Waals surface area contributed by atoms with Crippen LogP contribution in [0.5, 0.6) is 5.75 Å². The Morgan fingerprint density at radius 1 is 1.14 bits per heavy atom. The number of nitrogens with two attached hydrogens (primary N) is 1. The topological polar surface area (TPSA) is 51.0 Å². The summed E-state index contributed by atoms with van der Waals surface area (Å²) in [6.07, 6.45) is 3.93. The molecule has 2 aromatic carbocycles. The van der Waals surface area contributed by atoms with E-state index in [4.69, 9.17) is 10.5 Å². The van der Waals surface area contributed by atoms with Gasteiger partial charge >= 0.3 is 0 Å². The Kier molecular flexibility index (Phi) is 4.45. The first-order chi connectivity index (χ1) is 10.8. The van der Waals surface area contributed by atoms with E-state index in [1.54, 1.807) is 0 Å². The van der Waals surface area contributed by atoms with Crippen LogP contribution < -0.4 is 10.5 Å². The summed E-state index contributed by atoms with van der Waals surface area (Å²) < 4.78 is 5.91. The molecule has 0 aliphatic carbocycles. The maximum absolute atomic E-state index is 6.08. The van der Waals surface area contributed by atoms with Crippen molar-refractivity contribution in [2.24, 2.45) is 5.73 Å². The van der Waals surface area contributed by atoms with Crippen LogP contribution in [-0.2, 0) is 13.0 Å². The van der Waals surface area contributed by atoms with Crippen LogP contribution in [0.1, 0.15) is 24.5 Å². The van der Waals surface area contributed by atoms with E-state index < -0.39 is 0 Å². The fourth-order valence-corrected chi connectivity index (χ4v) is 2.58. The lowest BCUT2D eigenvalue weighted by Gasteiger charge is -2.09. The second kappa shape index (κ2) is 6.67. The minimum atomic E-state index is 0.202. The summed E-state index contributed by atoms with van der Waals surface area (Å²) in [4.78, 5) is 3.31. The Morgan fingerprint density at radius 2 is 1.95 bits per heavy atom. The molecular formula is C19H22N2O. The van der Waals surface area contributed by atoms with Gasteiger partial charge in [-0.2, -0.15) is 0 Å². The largest absolute Gasteiger partial charge is 0.489 e. The number of rotatable bonds is 6. The Balaban J connectivity index is 1.78. The molecule has 22 heavy (non-hydrogen) atoms. The molecular weight excluding hydrogens is 272 g/mol. The van der Waals surface area contributed by atoms with Crippen molar-refractivity contribution in [2.75, 3.05) is 0 Å². The summed E-state index contributed by atoms with van der Waals surface area (Å²) in [5.74, 6) is 0.891. The van der Waals surface area contributed by atoms with Gasteiger partial charge in [-0.15, -0.1) is 0 Å². The van der Waals surface area contributed by atoms with E-state index in [9.17, 15) is 0 Å². The zero-order valence-electron chi connectivity index (χ0n) is 12.9. The van der Waals surface area contributed by atoms with Crippen LogP contribution in [0.15, 0.2) is 54.7 Å². The summed E-state index contributed by atoms with van der Waals surface area (Å²) >= 11 is 0. The van der Waals surface area contributed by atoms with Gasteiger partial charge in [-0.3, -0.25) is 0 Å². The molecule has 1 heterocycles. The van der Waals surface area contributed by atoms with Gasteiger partial charge in [0.1, 0.15) is 12.4 Å². The average Bonchev–Trinajstić information content (AvgIpc) is 2.96. The second-order valence-corrected chi connectivity index (χ2v) is 5.67. The first-order valence-corrected chi connectivity index (χ1v) is 7.78. The Morgan fingerprint density at radius 3 is 2.73 bits per heavy atom. The van der Waals surface area contributed by atoms with Gasteiger partial charge in [0.05, 0.1) is 0 Å². The molecule has 1 unspecified atom stereocenters. The highest BCUT2D eigenvalue weighted by molar-refractivity contribution is 5.84. The first-order valence-electron chi connectivity index (χ1n) is 7.78. The number of aromatic amines is 1. The second-order valence-electron chi connectivity index (χ2n) is 5.67. The third kappa shape index (κ3) is 3.31. The summed E-state index contributed by atoms with van der Waals surface area (Å²) in [6.45, 7) is 2.70. The van der Waals surface area contributed by atoms with Crippen molar-refractivity contribution in [1.29, 1.82) is 0 Å². The molecule has 0 aliphatic heterocycles. The van der Waals surface area contributed by atoms with E-state index in [0.29, 0.717) is 6.61 Å². The van der Waals surface area contributed by atoms with Crippen molar-refractivity contribution in [3.8, 4) is 5.75 Å². The molecule has 0 aliphatic rings. The molecule has 1 aromatic heterocycles. The first kappa shape index (κ1) is 14.7. The average molecular weight is 294 g/mol. The molecule has 0 radical (unpaired) electrons. The summed E-state index contributed by atoms with van der Waals surface area (Å²) in [7, 11) is 0. The number of H-pyrrole nitrogens is 1. The third-order valence-electron chi connectivity index (χ3n) is 3.99. The van der Waals surface area contributed by atoms with E-state index in [-0.39, 0.29) is 6.04 Å². The maximum atomic E-state index is 6.08. The zero-order valence-corrected chi connectivity index (χ0v) is 12.9. The van der Waals surface area contributed by atoms with Crippen LogP contribution in [0.2, 0.25) is 0 Å². The van der Waals surface area contributed by atoms with Gasteiger partial charge in [0.25, 0.3) is 0 Å². The van der Waals surface area contributed by atoms with Crippen molar-refractivity contribution >= 4 is 10.9 Å². The standard InChI is InChI=1S/C19H22N2O/c1-2-16(20)10-15-12-21-19-9-8-17(11-18(15)19)22-13-14-6-4-3-5-7-14/h3-9,11-12,16,21H,2,10,13,20H2,1H3. The number of hydrogen-bond acceptors (Lipinski definition) is 2. The molecule has 3 rings (SSSR count). The monoisotopic (exact) mass is 294 g/mol. The summed E-state index contributed by atoms with van der Waals surface area (Å²) in [6, 6.07) is 16.6. The molecule has 0 saturated heterocycles. The third-order valence-corrected chi connectivity index (χ3v) is 3.99. The molecule has 3 heteroatoms. The Hall–Kier alpha value is -2.26. The molecule has 3 nitrogen and oxygen atoms in total. The Labute approximate surface area is 131 Å². The summed E-state index contributed by atoms with van der Waals surface area (Å²) in [5.41, 5.74) is 9.64. The number of ether oxygens (including phenoxy) is 1. The normalized spacial score (nSPS) is 12.5. The highest BCUT2D eigenvalue weighted by Crippen LogP contribution is 2.25. The van der Waals surface area contributed by atoms with Crippen molar-refractivity contribution in [1.82, 2.24) is 4.98 Å². The highest BCUT2D eigenvalue weighted by Gasteiger charge is 2.08. The zero-order chi connectivity index (χ0) is 15.4.